The normalized spacial score (nSPS) is 33.4. The van der Waals surface area contributed by atoms with Gasteiger partial charge in [-0.15, -0.1) is 0 Å². The lowest BCUT2D eigenvalue weighted by Gasteiger charge is -2.36. The van der Waals surface area contributed by atoms with Crippen LogP contribution in [-0.4, -0.2) is 62.8 Å². The topological polar surface area (TPSA) is 24.5 Å². The number of nitrogens with one attached hydrogen (secondary N) is 1. The van der Waals surface area contributed by atoms with Gasteiger partial charge < -0.3 is 15.0 Å². The zero-order valence-corrected chi connectivity index (χ0v) is 10.4. The Bertz CT molecular complexity index is 189. The Morgan fingerprint density at radius 3 is 2.80 bits per heavy atom. The highest BCUT2D eigenvalue weighted by Gasteiger charge is 2.36. The lowest BCUT2D eigenvalue weighted by atomic mass is 9.86. The molecule has 0 aliphatic carbocycles. The van der Waals surface area contributed by atoms with Gasteiger partial charge in [-0.3, -0.25) is 0 Å². The molecule has 2 fully saturated rings. The van der Waals surface area contributed by atoms with Gasteiger partial charge in [-0.05, 0) is 13.5 Å². The predicted molar refractivity (Wildman–Crippen MR) is 65.6 cm³/mol. The summed E-state index contributed by atoms with van der Waals surface area (Å²) in [6.45, 7) is 6.72. The van der Waals surface area contributed by atoms with E-state index in [0.717, 1.165) is 19.8 Å². The number of ether oxygens (including phenoxy) is 1. The molecule has 1 N–H and O–H groups in total. The minimum atomic E-state index is 0.386. The second-order valence-electron chi connectivity index (χ2n) is 4.72. The Kier molecular flexibility index (Phi) is 4.31. The van der Waals surface area contributed by atoms with Crippen molar-refractivity contribution in [2.75, 3.05) is 57.9 Å². The predicted octanol–water partition coefficient (Wildman–Crippen LogP) is 0.661. The lowest BCUT2D eigenvalue weighted by Crippen LogP contribution is -2.46. The Hall–Kier alpha value is 0.230. The van der Waals surface area contributed by atoms with Gasteiger partial charge in [0.15, 0.2) is 0 Å². The maximum atomic E-state index is 5.58. The van der Waals surface area contributed by atoms with Crippen molar-refractivity contribution < 1.29 is 4.74 Å². The number of rotatable bonds is 4. The van der Waals surface area contributed by atoms with Crippen molar-refractivity contribution in [1.29, 1.82) is 0 Å². The fraction of sp³-hybridized carbons (Fsp3) is 1.00. The van der Waals surface area contributed by atoms with Crippen molar-refractivity contribution in [2.24, 2.45) is 5.41 Å². The molecule has 0 radical (unpaired) electrons. The molecule has 2 saturated heterocycles. The second-order valence-corrected chi connectivity index (χ2v) is 5.95. The van der Waals surface area contributed by atoms with E-state index in [2.05, 4.69) is 22.0 Å². The average molecular weight is 230 g/mol. The van der Waals surface area contributed by atoms with Crippen LogP contribution in [0.4, 0.5) is 0 Å². The summed E-state index contributed by atoms with van der Waals surface area (Å²) in [7, 11) is 2.05. The summed E-state index contributed by atoms with van der Waals surface area (Å²) in [6.07, 6.45) is 1.22. The third kappa shape index (κ3) is 3.09. The molecule has 0 aromatic heterocycles. The molecule has 1 atom stereocenters. The smallest absolute Gasteiger partial charge is 0.0547 e. The van der Waals surface area contributed by atoms with Crippen molar-refractivity contribution in [3.05, 3.63) is 0 Å². The quantitative estimate of drug-likeness (QED) is 0.767. The summed E-state index contributed by atoms with van der Waals surface area (Å²) < 4.78 is 5.58. The first-order valence-corrected chi connectivity index (χ1v) is 7.03. The summed E-state index contributed by atoms with van der Waals surface area (Å²) in [6, 6.07) is 0. The van der Waals surface area contributed by atoms with Gasteiger partial charge in [-0.25, -0.2) is 0 Å². The van der Waals surface area contributed by atoms with Crippen LogP contribution in [0.15, 0.2) is 0 Å². The molecule has 3 nitrogen and oxygen atoms in total. The van der Waals surface area contributed by atoms with Gasteiger partial charge in [0.2, 0.25) is 0 Å². The van der Waals surface area contributed by atoms with E-state index < -0.39 is 0 Å². The van der Waals surface area contributed by atoms with Crippen LogP contribution in [-0.2, 0) is 4.74 Å². The summed E-state index contributed by atoms with van der Waals surface area (Å²) in [5.41, 5.74) is 0.386. The Morgan fingerprint density at radius 2 is 2.20 bits per heavy atom. The van der Waals surface area contributed by atoms with Gasteiger partial charge in [0.25, 0.3) is 0 Å². The molecule has 2 rings (SSSR count). The highest BCUT2D eigenvalue weighted by atomic mass is 32.2. The minimum absolute atomic E-state index is 0.386. The standard InChI is InChI=1S/C11H22N2OS/c1-12-8-11(2-5-14-10-11)9-13-3-6-15-7-4-13/h12H,2-10H2,1H3. The summed E-state index contributed by atoms with van der Waals surface area (Å²) in [5, 5.41) is 3.33. The average Bonchev–Trinajstić information content (AvgIpc) is 2.69. The highest BCUT2D eigenvalue weighted by Crippen LogP contribution is 2.29. The molecule has 0 aromatic rings. The van der Waals surface area contributed by atoms with E-state index in [9.17, 15) is 0 Å². The molecule has 1 unspecified atom stereocenters. The van der Waals surface area contributed by atoms with E-state index in [-0.39, 0.29) is 0 Å². The molecule has 0 amide bonds. The number of hydrogen-bond acceptors (Lipinski definition) is 4. The van der Waals surface area contributed by atoms with Crippen LogP contribution in [0.3, 0.4) is 0 Å². The van der Waals surface area contributed by atoms with Gasteiger partial charge in [0.1, 0.15) is 0 Å². The highest BCUT2D eigenvalue weighted by molar-refractivity contribution is 7.99. The van der Waals surface area contributed by atoms with Crippen LogP contribution < -0.4 is 5.32 Å². The molecule has 2 aliphatic rings. The fourth-order valence-corrected chi connectivity index (χ4v) is 3.56. The zero-order valence-electron chi connectivity index (χ0n) is 9.63. The first-order chi connectivity index (χ1) is 7.35. The van der Waals surface area contributed by atoms with Crippen LogP contribution in [0, 0.1) is 5.41 Å². The molecule has 2 aliphatic heterocycles. The molecule has 0 bridgehead atoms. The van der Waals surface area contributed by atoms with E-state index in [4.69, 9.17) is 4.74 Å². The monoisotopic (exact) mass is 230 g/mol. The van der Waals surface area contributed by atoms with Gasteiger partial charge in [-0.1, -0.05) is 0 Å². The third-order valence-electron chi connectivity index (χ3n) is 3.40. The largest absolute Gasteiger partial charge is 0.381 e. The summed E-state index contributed by atoms with van der Waals surface area (Å²) >= 11 is 2.08. The first-order valence-electron chi connectivity index (χ1n) is 5.87. The lowest BCUT2D eigenvalue weighted by molar-refractivity contribution is 0.114. The molecule has 4 heteroatoms. The van der Waals surface area contributed by atoms with Crippen LogP contribution in [0.25, 0.3) is 0 Å². The van der Waals surface area contributed by atoms with Crippen molar-refractivity contribution >= 4 is 11.8 Å². The SMILES string of the molecule is CNCC1(CN2CCSCC2)CCOC1. The zero-order chi connectivity index (χ0) is 10.6. The Labute approximate surface area is 96.9 Å². The van der Waals surface area contributed by atoms with Gasteiger partial charge in [-0.2, -0.15) is 11.8 Å². The van der Waals surface area contributed by atoms with Crippen molar-refractivity contribution in [3.63, 3.8) is 0 Å². The molecule has 15 heavy (non-hydrogen) atoms. The van der Waals surface area contributed by atoms with Gasteiger partial charge >= 0.3 is 0 Å². The van der Waals surface area contributed by atoms with Gasteiger partial charge in [0, 0.05) is 49.7 Å². The fourth-order valence-electron chi connectivity index (χ4n) is 2.58. The van der Waals surface area contributed by atoms with Crippen molar-refractivity contribution in [1.82, 2.24) is 10.2 Å². The molecule has 0 spiro atoms. The molecule has 0 aromatic carbocycles. The van der Waals surface area contributed by atoms with Crippen molar-refractivity contribution in [3.8, 4) is 0 Å². The maximum Gasteiger partial charge on any atom is 0.0547 e. The van der Waals surface area contributed by atoms with E-state index in [1.54, 1.807) is 0 Å². The Morgan fingerprint density at radius 1 is 1.40 bits per heavy atom. The Balaban J connectivity index is 1.87. The van der Waals surface area contributed by atoms with Crippen LogP contribution in [0.2, 0.25) is 0 Å². The molecule has 88 valence electrons. The van der Waals surface area contributed by atoms with Crippen molar-refractivity contribution in [2.45, 2.75) is 6.42 Å². The second kappa shape index (κ2) is 5.53. The maximum absolute atomic E-state index is 5.58. The third-order valence-corrected chi connectivity index (χ3v) is 4.34. The summed E-state index contributed by atoms with van der Waals surface area (Å²) in [5.74, 6) is 2.60. The molecular weight excluding hydrogens is 208 g/mol. The van der Waals surface area contributed by atoms with E-state index in [1.807, 2.05) is 7.05 Å². The molecule has 2 heterocycles. The minimum Gasteiger partial charge on any atom is -0.381 e. The molecular formula is C11H22N2OS. The number of thioether (sulfide) groups is 1. The molecule has 0 saturated carbocycles. The van der Waals surface area contributed by atoms with E-state index in [1.165, 1.54) is 37.6 Å². The van der Waals surface area contributed by atoms with E-state index in [0.29, 0.717) is 5.41 Å². The van der Waals surface area contributed by atoms with Crippen LogP contribution in [0.5, 0.6) is 0 Å². The van der Waals surface area contributed by atoms with Crippen LogP contribution >= 0.6 is 11.8 Å². The van der Waals surface area contributed by atoms with Crippen LogP contribution in [0.1, 0.15) is 6.42 Å². The van der Waals surface area contributed by atoms with E-state index >= 15 is 0 Å². The van der Waals surface area contributed by atoms with Gasteiger partial charge in [0.05, 0.1) is 6.61 Å². The number of hydrogen-bond donors (Lipinski definition) is 1. The first kappa shape index (κ1) is 11.7. The number of nitrogens with zero attached hydrogens (tertiary/aromatic N) is 1. The summed E-state index contributed by atoms with van der Waals surface area (Å²) in [4.78, 5) is 2.61.